The number of aromatic nitrogens is 2. The highest BCUT2D eigenvalue weighted by Gasteiger charge is 2.12. The molecule has 114 valence electrons. The zero-order valence-corrected chi connectivity index (χ0v) is 12.7. The van der Waals surface area contributed by atoms with Crippen molar-refractivity contribution in [2.75, 3.05) is 36.6 Å². The lowest BCUT2D eigenvalue weighted by molar-refractivity contribution is 0.122. The van der Waals surface area contributed by atoms with Gasteiger partial charge < -0.3 is 9.64 Å². The van der Waals surface area contributed by atoms with E-state index in [0.717, 1.165) is 37.7 Å². The third-order valence-corrected chi connectivity index (χ3v) is 3.46. The summed E-state index contributed by atoms with van der Waals surface area (Å²) < 4.78 is 5.34. The first-order valence-electron chi connectivity index (χ1n) is 7.01. The van der Waals surface area contributed by atoms with Crippen LogP contribution in [0.5, 0.6) is 0 Å². The minimum atomic E-state index is 0.648. The second kappa shape index (κ2) is 7.20. The summed E-state index contributed by atoms with van der Waals surface area (Å²) in [6, 6.07) is 9.35. The Morgan fingerprint density at radius 3 is 2.91 bits per heavy atom. The summed E-state index contributed by atoms with van der Waals surface area (Å²) in [4.78, 5) is 10.6. The molecule has 7 heteroatoms. The van der Waals surface area contributed by atoms with Crippen molar-refractivity contribution in [3.05, 3.63) is 47.2 Å². The van der Waals surface area contributed by atoms with E-state index in [9.17, 15) is 0 Å². The molecule has 6 nitrogen and oxygen atoms in total. The van der Waals surface area contributed by atoms with Crippen molar-refractivity contribution in [3.63, 3.8) is 0 Å². The fraction of sp³-hybridized carbons (Fsp3) is 0.267. The van der Waals surface area contributed by atoms with Crippen molar-refractivity contribution in [3.8, 4) is 0 Å². The summed E-state index contributed by atoms with van der Waals surface area (Å²) >= 11 is 5.93. The Labute approximate surface area is 133 Å². The molecule has 0 bridgehead atoms. The number of benzene rings is 1. The van der Waals surface area contributed by atoms with Gasteiger partial charge in [-0.1, -0.05) is 23.7 Å². The van der Waals surface area contributed by atoms with E-state index in [0.29, 0.717) is 10.8 Å². The molecular weight excluding hydrogens is 302 g/mol. The second-order valence-corrected chi connectivity index (χ2v) is 5.22. The van der Waals surface area contributed by atoms with Crippen LogP contribution in [-0.2, 0) is 4.74 Å². The van der Waals surface area contributed by atoms with Crippen molar-refractivity contribution >= 4 is 29.5 Å². The maximum atomic E-state index is 5.93. The largest absolute Gasteiger partial charge is 0.378 e. The Morgan fingerprint density at radius 2 is 2.09 bits per heavy atom. The maximum absolute atomic E-state index is 5.93. The molecule has 1 fully saturated rings. The molecule has 1 aromatic carbocycles. The van der Waals surface area contributed by atoms with Crippen LogP contribution in [0.1, 0.15) is 5.56 Å². The van der Waals surface area contributed by atoms with E-state index in [-0.39, 0.29) is 0 Å². The van der Waals surface area contributed by atoms with Gasteiger partial charge in [0, 0.05) is 24.2 Å². The summed E-state index contributed by atoms with van der Waals surface area (Å²) in [7, 11) is 0. The predicted octanol–water partition coefficient (Wildman–Crippen LogP) is 2.41. The van der Waals surface area contributed by atoms with E-state index in [2.05, 4.69) is 25.4 Å². The molecule has 0 saturated carbocycles. The number of morpholine rings is 1. The smallest absolute Gasteiger partial charge is 0.151 e. The van der Waals surface area contributed by atoms with E-state index in [1.54, 1.807) is 6.21 Å². The minimum absolute atomic E-state index is 0.648. The average molecular weight is 318 g/mol. The number of rotatable bonds is 4. The molecule has 0 unspecified atom stereocenters. The third-order valence-electron chi connectivity index (χ3n) is 3.23. The standard InChI is InChI=1S/C15H16ClN5O/c16-13-3-1-2-12(8-13)10-19-20-14-9-15(18-11-17-14)21-4-6-22-7-5-21/h1-3,8-11H,4-7H2,(H,17,18,20)/b19-10-. The summed E-state index contributed by atoms with van der Waals surface area (Å²) in [6.45, 7) is 3.11. The van der Waals surface area contributed by atoms with E-state index in [4.69, 9.17) is 16.3 Å². The van der Waals surface area contributed by atoms with Crippen LogP contribution in [0, 0.1) is 0 Å². The summed E-state index contributed by atoms with van der Waals surface area (Å²) in [5.41, 5.74) is 3.83. The number of anilines is 2. The number of halogens is 1. The van der Waals surface area contributed by atoms with E-state index in [1.807, 2.05) is 30.3 Å². The molecule has 22 heavy (non-hydrogen) atoms. The van der Waals surface area contributed by atoms with Crippen molar-refractivity contribution < 1.29 is 4.74 Å². The molecule has 1 saturated heterocycles. The highest BCUT2D eigenvalue weighted by molar-refractivity contribution is 6.30. The van der Waals surface area contributed by atoms with Crippen LogP contribution in [-0.4, -0.2) is 42.5 Å². The molecule has 3 rings (SSSR count). The lowest BCUT2D eigenvalue weighted by Crippen LogP contribution is -2.36. The van der Waals surface area contributed by atoms with Gasteiger partial charge in [0.2, 0.25) is 0 Å². The number of nitrogens with one attached hydrogen (secondary N) is 1. The van der Waals surface area contributed by atoms with Crippen molar-refractivity contribution in [2.24, 2.45) is 5.10 Å². The van der Waals surface area contributed by atoms with Crippen LogP contribution in [0.15, 0.2) is 41.8 Å². The molecule has 0 aliphatic carbocycles. The SMILES string of the molecule is Clc1cccc(/C=N\Nc2cc(N3CCOCC3)ncn2)c1. The molecule has 2 heterocycles. The van der Waals surface area contributed by atoms with Crippen molar-refractivity contribution in [2.45, 2.75) is 0 Å². The molecule has 0 atom stereocenters. The van der Waals surface area contributed by atoms with Gasteiger partial charge in [0.05, 0.1) is 19.4 Å². The van der Waals surface area contributed by atoms with Gasteiger partial charge in [-0.25, -0.2) is 9.97 Å². The Bertz CT molecular complexity index is 658. The van der Waals surface area contributed by atoms with Crippen LogP contribution in [0.2, 0.25) is 5.02 Å². The van der Waals surface area contributed by atoms with Gasteiger partial charge in [-0.15, -0.1) is 0 Å². The number of ether oxygens (including phenoxy) is 1. The first-order valence-corrected chi connectivity index (χ1v) is 7.38. The Morgan fingerprint density at radius 1 is 1.23 bits per heavy atom. The molecule has 1 aliphatic heterocycles. The first-order chi connectivity index (χ1) is 10.8. The predicted molar refractivity (Wildman–Crippen MR) is 87.7 cm³/mol. The highest BCUT2D eigenvalue weighted by Crippen LogP contribution is 2.15. The van der Waals surface area contributed by atoms with Gasteiger partial charge in [-0.05, 0) is 17.7 Å². The van der Waals surface area contributed by atoms with Crippen LogP contribution in [0.3, 0.4) is 0 Å². The van der Waals surface area contributed by atoms with E-state index >= 15 is 0 Å². The Balaban J connectivity index is 1.65. The number of nitrogens with zero attached hydrogens (tertiary/aromatic N) is 4. The van der Waals surface area contributed by atoms with Gasteiger partial charge >= 0.3 is 0 Å². The molecule has 1 aromatic heterocycles. The Hall–Kier alpha value is -2.18. The highest BCUT2D eigenvalue weighted by atomic mass is 35.5. The molecule has 0 radical (unpaired) electrons. The zero-order chi connectivity index (χ0) is 15.2. The van der Waals surface area contributed by atoms with Gasteiger partial charge in [0.1, 0.15) is 12.1 Å². The fourth-order valence-corrected chi connectivity index (χ4v) is 2.33. The second-order valence-electron chi connectivity index (χ2n) is 4.79. The molecule has 1 N–H and O–H groups in total. The Kier molecular flexibility index (Phi) is 4.82. The third kappa shape index (κ3) is 3.93. The number of hydrazone groups is 1. The number of hydrogen-bond donors (Lipinski definition) is 1. The summed E-state index contributed by atoms with van der Waals surface area (Å²) in [6.07, 6.45) is 3.23. The summed E-state index contributed by atoms with van der Waals surface area (Å²) in [5, 5.41) is 4.85. The zero-order valence-electron chi connectivity index (χ0n) is 11.9. The van der Waals surface area contributed by atoms with Crippen LogP contribution in [0.25, 0.3) is 0 Å². The molecule has 1 aliphatic rings. The molecule has 2 aromatic rings. The normalized spacial score (nSPS) is 15.2. The lowest BCUT2D eigenvalue weighted by Gasteiger charge is -2.27. The van der Waals surface area contributed by atoms with Crippen LogP contribution in [0.4, 0.5) is 11.6 Å². The van der Waals surface area contributed by atoms with E-state index in [1.165, 1.54) is 6.33 Å². The van der Waals surface area contributed by atoms with Gasteiger partial charge in [0.25, 0.3) is 0 Å². The lowest BCUT2D eigenvalue weighted by atomic mass is 10.2. The quantitative estimate of drug-likeness (QED) is 0.693. The average Bonchev–Trinajstić information content (AvgIpc) is 2.56. The topological polar surface area (TPSA) is 62.6 Å². The van der Waals surface area contributed by atoms with Crippen molar-refractivity contribution in [1.82, 2.24) is 9.97 Å². The van der Waals surface area contributed by atoms with Crippen LogP contribution < -0.4 is 10.3 Å². The van der Waals surface area contributed by atoms with Gasteiger partial charge in [-0.2, -0.15) is 5.10 Å². The molecular formula is C15H16ClN5O. The fourth-order valence-electron chi connectivity index (χ4n) is 2.13. The van der Waals surface area contributed by atoms with Gasteiger partial charge in [-0.3, -0.25) is 5.43 Å². The minimum Gasteiger partial charge on any atom is -0.378 e. The van der Waals surface area contributed by atoms with Gasteiger partial charge in [0.15, 0.2) is 5.82 Å². The van der Waals surface area contributed by atoms with Crippen LogP contribution >= 0.6 is 11.6 Å². The molecule has 0 spiro atoms. The maximum Gasteiger partial charge on any atom is 0.151 e. The number of hydrogen-bond acceptors (Lipinski definition) is 6. The van der Waals surface area contributed by atoms with E-state index < -0.39 is 0 Å². The first kappa shape index (κ1) is 14.7. The monoisotopic (exact) mass is 317 g/mol. The summed E-state index contributed by atoms with van der Waals surface area (Å²) in [5.74, 6) is 1.52. The van der Waals surface area contributed by atoms with Crippen molar-refractivity contribution in [1.29, 1.82) is 0 Å². The molecule has 0 amide bonds.